The number of hydrogen-bond donors (Lipinski definition) is 0. The molecular weight excluding hydrogens is 422 g/mol. The van der Waals surface area contributed by atoms with Gasteiger partial charge in [0.1, 0.15) is 30.9 Å². The Morgan fingerprint density at radius 1 is 0.970 bits per heavy atom. The molecule has 0 N–H and O–H groups in total. The molecule has 2 fully saturated rings. The van der Waals surface area contributed by atoms with Crippen molar-refractivity contribution in [2.45, 2.75) is 32.3 Å². The zero-order chi connectivity index (χ0) is 22.4. The monoisotopic (exact) mass is 449 g/mol. The van der Waals surface area contributed by atoms with Gasteiger partial charge in [-0.2, -0.15) is 4.52 Å². The number of aromatic nitrogens is 3. The van der Waals surface area contributed by atoms with Gasteiger partial charge in [0.15, 0.2) is 23.0 Å². The van der Waals surface area contributed by atoms with E-state index in [1.165, 1.54) is 4.52 Å². The molecule has 3 aliphatic rings. The Labute approximate surface area is 191 Å². The maximum atomic E-state index is 12.7. The fourth-order valence-electron chi connectivity index (χ4n) is 4.60. The topological polar surface area (TPSA) is 81.4 Å². The first kappa shape index (κ1) is 20.1. The Balaban J connectivity index is 1.16. The van der Waals surface area contributed by atoms with Crippen LogP contribution < -0.4 is 29.6 Å². The van der Waals surface area contributed by atoms with Crippen molar-refractivity contribution in [2.75, 3.05) is 49.2 Å². The van der Waals surface area contributed by atoms with Crippen LogP contribution in [0.1, 0.15) is 24.8 Å². The van der Waals surface area contributed by atoms with E-state index in [9.17, 15) is 4.79 Å². The van der Waals surface area contributed by atoms with Gasteiger partial charge < -0.3 is 24.0 Å². The number of benzene rings is 1. The van der Waals surface area contributed by atoms with Gasteiger partial charge in [-0.3, -0.25) is 4.79 Å². The smallest absolute Gasteiger partial charge is 0.276 e. The van der Waals surface area contributed by atoms with Gasteiger partial charge in [-0.15, -0.1) is 5.10 Å². The Kier molecular flexibility index (Phi) is 4.96. The normalized spacial score (nSPS) is 18.3. The predicted octanol–water partition coefficient (Wildman–Crippen LogP) is 2.43. The molecule has 0 radical (unpaired) electrons. The molecule has 172 valence electrons. The second kappa shape index (κ2) is 8.13. The van der Waals surface area contributed by atoms with Gasteiger partial charge in [0.05, 0.1) is 0 Å². The molecular formula is C24H27N5O4. The van der Waals surface area contributed by atoms with Gasteiger partial charge in [-0.25, -0.2) is 4.98 Å². The molecule has 0 unspecified atom stereocenters. The lowest BCUT2D eigenvalue weighted by molar-refractivity contribution is 0.159. The van der Waals surface area contributed by atoms with E-state index in [4.69, 9.17) is 14.2 Å². The average molecular weight is 450 g/mol. The molecule has 9 nitrogen and oxygen atoms in total. The summed E-state index contributed by atoms with van der Waals surface area (Å²) < 4.78 is 18.9. The summed E-state index contributed by atoms with van der Waals surface area (Å²) >= 11 is 0. The lowest BCUT2D eigenvalue weighted by Gasteiger charge is -2.34. The van der Waals surface area contributed by atoms with E-state index >= 15 is 0 Å². The third kappa shape index (κ3) is 3.81. The number of anilines is 2. The summed E-state index contributed by atoms with van der Waals surface area (Å²) in [6.45, 7) is 6.70. The van der Waals surface area contributed by atoms with Gasteiger partial charge in [0.2, 0.25) is 0 Å². The second-order valence-corrected chi connectivity index (χ2v) is 8.82. The van der Waals surface area contributed by atoms with E-state index < -0.39 is 0 Å². The molecule has 5 heterocycles. The number of nitrogens with zero attached hydrogens (tertiary/aromatic N) is 5. The van der Waals surface area contributed by atoms with Crippen LogP contribution in [0.5, 0.6) is 17.2 Å². The van der Waals surface area contributed by atoms with Crippen LogP contribution in [0, 0.1) is 6.92 Å². The molecule has 0 bridgehead atoms. The Bertz CT molecular complexity index is 1250. The van der Waals surface area contributed by atoms with Crippen LogP contribution in [-0.2, 0) is 0 Å². The van der Waals surface area contributed by atoms with Crippen molar-refractivity contribution in [3.63, 3.8) is 0 Å². The van der Waals surface area contributed by atoms with Crippen LogP contribution in [0.2, 0.25) is 0 Å². The molecule has 6 rings (SSSR count). The largest absolute Gasteiger partial charge is 0.490 e. The van der Waals surface area contributed by atoms with E-state index in [1.807, 2.05) is 31.2 Å². The Morgan fingerprint density at radius 3 is 2.52 bits per heavy atom. The number of ether oxygens (including phenoxy) is 3. The van der Waals surface area contributed by atoms with Gasteiger partial charge >= 0.3 is 0 Å². The summed E-state index contributed by atoms with van der Waals surface area (Å²) in [6.07, 6.45) is 3.00. The fourth-order valence-corrected chi connectivity index (χ4v) is 4.60. The highest BCUT2D eigenvalue weighted by molar-refractivity contribution is 5.56. The van der Waals surface area contributed by atoms with Crippen molar-refractivity contribution in [1.82, 2.24) is 14.6 Å². The minimum absolute atomic E-state index is 0.119. The molecule has 3 aromatic rings. The average Bonchev–Trinajstić information content (AvgIpc) is 2.78. The van der Waals surface area contributed by atoms with Crippen LogP contribution in [-0.4, -0.2) is 60.1 Å². The Hall–Kier alpha value is -3.49. The molecule has 9 heteroatoms. The molecule has 0 amide bonds. The van der Waals surface area contributed by atoms with Gasteiger partial charge in [-0.1, -0.05) is 0 Å². The summed E-state index contributed by atoms with van der Waals surface area (Å²) in [5.74, 6) is 3.89. The molecule has 2 aromatic heterocycles. The number of rotatable bonds is 4. The van der Waals surface area contributed by atoms with Crippen LogP contribution in [0.25, 0.3) is 5.65 Å². The first-order valence-corrected chi connectivity index (χ1v) is 11.6. The van der Waals surface area contributed by atoms with Gasteiger partial charge in [0, 0.05) is 51.2 Å². The molecule has 2 saturated heterocycles. The number of aryl methyl sites for hydroxylation is 1. The van der Waals surface area contributed by atoms with Gasteiger partial charge in [-0.05, 0) is 37.1 Å². The first-order valence-electron chi connectivity index (χ1n) is 11.6. The highest BCUT2D eigenvalue weighted by Crippen LogP contribution is 2.34. The standard InChI is InChI=1S/C24H27N5O4/c1-16-13-22-25-21(27-7-2-8-27)15-23(30)29(22)26-24(16)28-9-5-17(6-10-28)33-18-3-4-19-20(14-18)32-12-11-31-19/h3-4,13-15,17H,2,5-12H2,1H3. The van der Waals surface area contributed by atoms with Crippen molar-refractivity contribution >= 4 is 17.3 Å². The summed E-state index contributed by atoms with van der Waals surface area (Å²) in [7, 11) is 0. The maximum Gasteiger partial charge on any atom is 0.276 e. The second-order valence-electron chi connectivity index (χ2n) is 8.82. The molecule has 0 saturated carbocycles. The molecule has 1 aromatic carbocycles. The Morgan fingerprint density at radius 2 is 1.76 bits per heavy atom. The fraction of sp³-hybridized carbons (Fsp3) is 0.458. The lowest BCUT2D eigenvalue weighted by Crippen LogP contribution is -2.40. The zero-order valence-electron chi connectivity index (χ0n) is 18.7. The van der Waals surface area contributed by atoms with Crippen molar-refractivity contribution in [1.29, 1.82) is 0 Å². The molecule has 3 aliphatic heterocycles. The van der Waals surface area contributed by atoms with E-state index in [-0.39, 0.29) is 11.7 Å². The molecule has 0 aliphatic carbocycles. The van der Waals surface area contributed by atoms with E-state index in [1.54, 1.807) is 6.07 Å². The molecule has 0 atom stereocenters. The van der Waals surface area contributed by atoms with E-state index in [2.05, 4.69) is 19.9 Å². The van der Waals surface area contributed by atoms with Crippen molar-refractivity contribution in [3.8, 4) is 17.2 Å². The summed E-state index contributed by atoms with van der Waals surface area (Å²) in [5.41, 5.74) is 1.48. The molecule has 0 spiro atoms. The summed E-state index contributed by atoms with van der Waals surface area (Å²) in [6, 6.07) is 9.30. The number of hydrogen-bond acceptors (Lipinski definition) is 8. The van der Waals surface area contributed by atoms with Crippen LogP contribution in [0.3, 0.4) is 0 Å². The number of piperidine rings is 1. The number of fused-ring (bicyclic) bond motifs is 2. The van der Waals surface area contributed by atoms with Crippen molar-refractivity contribution in [3.05, 3.63) is 46.2 Å². The highest BCUT2D eigenvalue weighted by atomic mass is 16.6. The van der Waals surface area contributed by atoms with Crippen LogP contribution in [0.15, 0.2) is 35.1 Å². The zero-order valence-corrected chi connectivity index (χ0v) is 18.7. The minimum atomic E-state index is -0.139. The van der Waals surface area contributed by atoms with Crippen LogP contribution >= 0.6 is 0 Å². The van der Waals surface area contributed by atoms with E-state index in [0.717, 1.165) is 79.9 Å². The highest BCUT2D eigenvalue weighted by Gasteiger charge is 2.25. The predicted molar refractivity (Wildman–Crippen MR) is 124 cm³/mol. The van der Waals surface area contributed by atoms with E-state index in [0.29, 0.717) is 18.9 Å². The minimum Gasteiger partial charge on any atom is -0.490 e. The third-order valence-electron chi connectivity index (χ3n) is 6.54. The first-order chi connectivity index (χ1) is 16.1. The van der Waals surface area contributed by atoms with Gasteiger partial charge in [0.25, 0.3) is 5.56 Å². The van der Waals surface area contributed by atoms with Crippen molar-refractivity contribution in [2.24, 2.45) is 0 Å². The third-order valence-corrected chi connectivity index (χ3v) is 6.54. The van der Waals surface area contributed by atoms with Crippen molar-refractivity contribution < 1.29 is 14.2 Å². The quantitative estimate of drug-likeness (QED) is 0.601. The summed E-state index contributed by atoms with van der Waals surface area (Å²) in [4.78, 5) is 21.7. The summed E-state index contributed by atoms with van der Waals surface area (Å²) in [5, 5.41) is 4.68. The lowest BCUT2D eigenvalue weighted by atomic mass is 10.1. The maximum absolute atomic E-state index is 12.7. The molecule has 33 heavy (non-hydrogen) atoms. The SMILES string of the molecule is Cc1cc2nc(N3CCC3)cc(=O)n2nc1N1CCC(Oc2ccc3c(c2)OCCO3)CC1. The van der Waals surface area contributed by atoms with Crippen LogP contribution in [0.4, 0.5) is 11.6 Å².